The summed E-state index contributed by atoms with van der Waals surface area (Å²) in [6.07, 6.45) is 2.30. The first-order valence-electron chi connectivity index (χ1n) is 13.0. The Kier molecular flexibility index (Phi) is 7.70. The van der Waals surface area contributed by atoms with Gasteiger partial charge < -0.3 is 25.2 Å². The molecule has 2 aliphatic rings. The molecular formula is C28H28F2N6O5. The summed E-state index contributed by atoms with van der Waals surface area (Å²) in [5.74, 6) is -4.33. The van der Waals surface area contributed by atoms with E-state index in [1.54, 1.807) is 29.1 Å². The van der Waals surface area contributed by atoms with Gasteiger partial charge in [-0.05, 0) is 53.3 Å². The lowest BCUT2D eigenvalue weighted by atomic mass is 10.0. The van der Waals surface area contributed by atoms with Gasteiger partial charge in [-0.15, -0.1) is 0 Å². The minimum absolute atomic E-state index is 0.0335. The molecule has 2 amide bonds. The second kappa shape index (κ2) is 11.2. The molecule has 4 atom stereocenters. The number of pyridine rings is 1. The Bertz CT molecular complexity index is 1510. The van der Waals surface area contributed by atoms with Gasteiger partial charge in [-0.25, -0.2) is 13.8 Å². The second-order valence-corrected chi connectivity index (χ2v) is 10.3. The van der Waals surface area contributed by atoms with E-state index >= 15 is 0 Å². The average Bonchev–Trinajstić information content (AvgIpc) is 3.66. The molecule has 1 saturated heterocycles. The minimum Gasteiger partial charge on any atom is -0.483 e. The van der Waals surface area contributed by atoms with Crippen molar-refractivity contribution in [3.05, 3.63) is 60.0 Å². The number of carbonyl (C=O) groups is 2. The smallest absolute Gasteiger partial charge is 0.301 e. The van der Waals surface area contributed by atoms with E-state index in [0.29, 0.717) is 16.9 Å². The van der Waals surface area contributed by atoms with E-state index < -0.39 is 37.2 Å². The van der Waals surface area contributed by atoms with Gasteiger partial charge in [0.05, 0.1) is 24.9 Å². The van der Waals surface area contributed by atoms with E-state index in [1.165, 1.54) is 18.3 Å². The van der Waals surface area contributed by atoms with Crippen LogP contribution in [0.4, 0.5) is 14.6 Å². The molecular weight excluding hydrogens is 538 g/mol. The molecule has 1 saturated carbocycles. The summed E-state index contributed by atoms with van der Waals surface area (Å²) in [6.45, 7) is -1.95. The maximum Gasteiger partial charge on any atom is 0.301 e. The van der Waals surface area contributed by atoms with Crippen molar-refractivity contribution in [2.24, 2.45) is 13.0 Å². The number of aromatic nitrogens is 3. The Labute approximate surface area is 234 Å². The average molecular weight is 567 g/mol. The van der Waals surface area contributed by atoms with Crippen LogP contribution in [-0.4, -0.2) is 79.5 Å². The molecule has 2 unspecified atom stereocenters. The Morgan fingerprint density at radius 1 is 1.29 bits per heavy atom. The maximum absolute atomic E-state index is 14.9. The zero-order valence-corrected chi connectivity index (χ0v) is 22.1. The predicted octanol–water partition coefficient (Wildman–Crippen LogP) is 2.06. The van der Waals surface area contributed by atoms with E-state index in [4.69, 9.17) is 9.84 Å². The van der Waals surface area contributed by atoms with E-state index in [9.17, 15) is 28.7 Å². The van der Waals surface area contributed by atoms with Crippen molar-refractivity contribution in [1.29, 1.82) is 5.26 Å². The van der Waals surface area contributed by atoms with Gasteiger partial charge in [0.15, 0.2) is 12.2 Å². The molecule has 3 N–H and O–H groups in total. The molecule has 3 aromatic rings. The summed E-state index contributed by atoms with van der Waals surface area (Å²) in [7, 11) is 1.82. The van der Waals surface area contributed by atoms with Crippen LogP contribution in [0.2, 0.25) is 0 Å². The number of benzene rings is 1. The van der Waals surface area contributed by atoms with Crippen LogP contribution in [0.3, 0.4) is 0 Å². The molecule has 13 heteroatoms. The predicted molar refractivity (Wildman–Crippen MR) is 141 cm³/mol. The van der Waals surface area contributed by atoms with Crippen LogP contribution in [0, 0.1) is 17.2 Å². The number of aliphatic hydroxyl groups excluding tert-OH is 2. The summed E-state index contributed by atoms with van der Waals surface area (Å²) in [6, 6.07) is 9.89. The van der Waals surface area contributed by atoms with Gasteiger partial charge in [-0.3, -0.25) is 14.3 Å². The van der Waals surface area contributed by atoms with Crippen LogP contribution in [0.1, 0.15) is 29.9 Å². The molecule has 11 nitrogen and oxygen atoms in total. The molecule has 1 aromatic carbocycles. The van der Waals surface area contributed by atoms with Crippen LogP contribution in [-0.2, 0) is 16.6 Å². The first-order chi connectivity index (χ1) is 19.6. The lowest BCUT2D eigenvalue weighted by Gasteiger charge is -2.38. The number of rotatable bonds is 8. The molecule has 41 heavy (non-hydrogen) atoms. The highest BCUT2D eigenvalue weighted by Crippen LogP contribution is 2.47. The van der Waals surface area contributed by atoms with Gasteiger partial charge in [-0.1, -0.05) is 6.07 Å². The van der Waals surface area contributed by atoms with Gasteiger partial charge in [0.1, 0.15) is 17.6 Å². The first-order valence-corrected chi connectivity index (χ1v) is 13.0. The molecule has 3 heterocycles. The second-order valence-electron chi connectivity index (χ2n) is 10.3. The fraction of sp³-hybridized carbons (Fsp3) is 0.393. The van der Waals surface area contributed by atoms with Crippen molar-refractivity contribution >= 4 is 17.6 Å². The van der Waals surface area contributed by atoms with E-state index in [1.807, 2.05) is 19.3 Å². The molecule has 2 fully saturated rings. The summed E-state index contributed by atoms with van der Waals surface area (Å²) in [4.78, 5) is 29.8. The summed E-state index contributed by atoms with van der Waals surface area (Å²) < 4.78 is 37.0. The monoisotopic (exact) mass is 566 g/mol. The number of aryl methyl sites for hydroxylation is 1. The van der Waals surface area contributed by atoms with E-state index in [0.717, 1.165) is 16.9 Å². The number of likely N-dealkylation sites (tertiary alicyclic amines) is 1. The third-order valence-corrected chi connectivity index (χ3v) is 7.30. The molecule has 2 aromatic heterocycles. The van der Waals surface area contributed by atoms with Crippen molar-refractivity contribution in [2.45, 2.75) is 36.9 Å². The number of nitriles is 1. The number of piperidine rings is 1. The number of anilines is 1. The van der Waals surface area contributed by atoms with Gasteiger partial charge in [0.2, 0.25) is 5.91 Å². The van der Waals surface area contributed by atoms with Crippen molar-refractivity contribution in [2.75, 3.05) is 25.0 Å². The highest BCUT2D eigenvalue weighted by Gasteiger charge is 2.48. The third-order valence-electron chi connectivity index (χ3n) is 7.30. The number of aliphatic hydroxyl groups is 2. The number of amides is 2. The van der Waals surface area contributed by atoms with Gasteiger partial charge >= 0.3 is 5.92 Å². The van der Waals surface area contributed by atoms with Crippen LogP contribution >= 0.6 is 0 Å². The number of carbonyl (C=O) groups excluding carboxylic acids is 2. The Hall–Kier alpha value is -4.41. The highest BCUT2D eigenvalue weighted by molar-refractivity contribution is 5.95. The van der Waals surface area contributed by atoms with Crippen LogP contribution in [0.15, 0.2) is 48.9 Å². The molecule has 1 aliphatic heterocycles. The van der Waals surface area contributed by atoms with E-state index in [-0.39, 0.29) is 42.0 Å². The highest BCUT2D eigenvalue weighted by atomic mass is 19.3. The number of hydrogen-bond acceptors (Lipinski definition) is 8. The molecule has 1 aliphatic carbocycles. The number of halogens is 2. The number of alkyl halides is 2. The topological polar surface area (TPSA) is 154 Å². The summed E-state index contributed by atoms with van der Waals surface area (Å²) in [5, 5.41) is 35.1. The third kappa shape index (κ3) is 6.03. The zero-order valence-electron chi connectivity index (χ0n) is 22.1. The van der Waals surface area contributed by atoms with Crippen molar-refractivity contribution in [1.82, 2.24) is 19.7 Å². The quantitative estimate of drug-likeness (QED) is 0.375. The van der Waals surface area contributed by atoms with Gasteiger partial charge in [-0.2, -0.15) is 10.4 Å². The molecule has 0 spiro atoms. The van der Waals surface area contributed by atoms with Gasteiger partial charge in [0.25, 0.3) is 5.91 Å². The van der Waals surface area contributed by atoms with Crippen LogP contribution < -0.4 is 10.1 Å². The van der Waals surface area contributed by atoms with Crippen molar-refractivity contribution < 1.29 is 33.3 Å². The normalized spacial score (nSPS) is 22.0. The van der Waals surface area contributed by atoms with Crippen molar-refractivity contribution in [3.8, 4) is 22.9 Å². The summed E-state index contributed by atoms with van der Waals surface area (Å²) >= 11 is 0. The zero-order chi connectivity index (χ0) is 29.3. The largest absolute Gasteiger partial charge is 0.483 e. The molecule has 5 rings (SSSR count). The number of nitrogens with one attached hydrogen (secondary N) is 1. The fourth-order valence-corrected chi connectivity index (χ4v) is 4.98. The SMILES string of the molecule is Cn1cc(C2CC2C(=O)Nc2cc(-c3ccc(O[C@H]4CCN(C(=O)[C@@H](O)CO)CC4(F)F)c(C#N)c3)ccn2)cn1. The molecule has 0 radical (unpaired) electrons. The summed E-state index contributed by atoms with van der Waals surface area (Å²) in [5.41, 5.74) is 2.29. The van der Waals surface area contributed by atoms with Crippen molar-refractivity contribution in [3.63, 3.8) is 0 Å². The number of ether oxygens (including phenoxy) is 1. The van der Waals surface area contributed by atoms with Crippen LogP contribution in [0.5, 0.6) is 5.75 Å². The fourth-order valence-electron chi connectivity index (χ4n) is 4.98. The lowest BCUT2D eigenvalue weighted by Crippen LogP contribution is -2.57. The maximum atomic E-state index is 14.9. The Morgan fingerprint density at radius 3 is 2.76 bits per heavy atom. The van der Waals surface area contributed by atoms with E-state index in [2.05, 4.69) is 15.4 Å². The molecule has 214 valence electrons. The first kappa shape index (κ1) is 28.1. The number of hydrogen-bond donors (Lipinski definition) is 3. The van der Waals surface area contributed by atoms with Gasteiger partial charge in [0, 0.05) is 38.3 Å². The Morgan fingerprint density at radius 2 is 2.07 bits per heavy atom. The van der Waals surface area contributed by atoms with Crippen LogP contribution in [0.25, 0.3) is 11.1 Å². The Balaban J connectivity index is 1.25. The minimum atomic E-state index is -3.45. The number of nitrogens with zero attached hydrogens (tertiary/aromatic N) is 5. The standard InChI is InChI=1S/C28H28F2N6O5/c1-35-13-19(12-33-35)20-10-21(20)26(39)34-25-9-17(4-6-32-25)16-2-3-23(18(8-16)11-31)41-24-5-7-36(15-28(24,29)30)27(40)22(38)14-37/h2-4,6,8-9,12-13,20-22,24,37-38H,5,7,10,14-15H2,1H3,(H,32,34,39)/t20?,21?,22-,24-/m0/s1. The molecule has 0 bridgehead atoms. The lowest BCUT2D eigenvalue weighted by molar-refractivity contribution is -0.167.